The molecular formula is C20H16BrN3O3. The summed E-state index contributed by atoms with van der Waals surface area (Å²) in [5, 5.41) is 3.59. The van der Waals surface area contributed by atoms with E-state index in [0.29, 0.717) is 16.8 Å². The van der Waals surface area contributed by atoms with E-state index in [9.17, 15) is 9.59 Å². The van der Waals surface area contributed by atoms with Crippen molar-refractivity contribution in [2.75, 3.05) is 5.32 Å². The van der Waals surface area contributed by atoms with Gasteiger partial charge in [0.15, 0.2) is 0 Å². The van der Waals surface area contributed by atoms with Gasteiger partial charge in [-0.05, 0) is 29.8 Å². The lowest BCUT2D eigenvalue weighted by molar-refractivity contribution is 0.577. The van der Waals surface area contributed by atoms with Crippen LogP contribution in [-0.2, 0) is 14.1 Å². The normalized spacial score (nSPS) is 11.1. The Labute approximate surface area is 162 Å². The molecule has 0 aliphatic heterocycles. The molecule has 0 radical (unpaired) electrons. The van der Waals surface area contributed by atoms with Gasteiger partial charge in [-0.15, -0.1) is 0 Å². The number of para-hydroxylation sites is 1. The Bertz CT molecular complexity index is 1270. The van der Waals surface area contributed by atoms with Gasteiger partial charge in [0.1, 0.15) is 5.39 Å². The summed E-state index contributed by atoms with van der Waals surface area (Å²) in [5.74, 6) is 0.410. The van der Waals surface area contributed by atoms with E-state index in [4.69, 9.17) is 4.42 Å². The molecule has 0 spiro atoms. The molecule has 0 amide bonds. The van der Waals surface area contributed by atoms with E-state index < -0.39 is 11.2 Å². The minimum absolute atomic E-state index is 0.233. The summed E-state index contributed by atoms with van der Waals surface area (Å²) in [5.41, 5.74) is 1.64. The zero-order valence-electron chi connectivity index (χ0n) is 14.7. The zero-order chi connectivity index (χ0) is 19.1. The van der Waals surface area contributed by atoms with Crippen molar-refractivity contribution in [1.82, 2.24) is 9.13 Å². The SMILES string of the molecule is Cn1c(=O)c2c(-c3cccc(Br)c3)c(Nc3ccccc3)oc2n(C)c1=O. The maximum Gasteiger partial charge on any atom is 0.333 e. The second kappa shape index (κ2) is 6.59. The van der Waals surface area contributed by atoms with Crippen LogP contribution in [0.1, 0.15) is 0 Å². The number of halogens is 1. The van der Waals surface area contributed by atoms with Gasteiger partial charge >= 0.3 is 5.69 Å². The Morgan fingerprint density at radius 2 is 1.70 bits per heavy atom. The summed E-state index contributed by atoms with van der Waals surface area (Å²) < 4.78 is 9.28. The molecule has 1 N–H and O–H groups in total. The molecule has 2 heterocycles. The van der Waals surface area contributed by atoms with E-state index in [1.54, 1.807) is 7.05 Å². The van der Waals surface area contributed by atoms with Gasteiger partial charge in [0.25, 0.3) is 5.56 Å². The van der Waals surface area contributed by atoms with E-state index >= 15 is 0 Å². The highest BCUT2D eigenvalue weighted by molar-refractivity contribution is 9.10. The molecule has 0 aliphatic carbocycles. The van der Waals surface area contributed by atoms with Crippen molar-refractivity contribution in [1.29, 1.82) is 0 Å². The first-order valence-electron chi connectivity index (χ1n) is 8.28. The van der Waals surface area contributed by atoms with Gasteiger partial charge in [0.2, 0.25) is 11.6 Å². The Kier molecular flexibility index (Phi) is 4.24. The number of hydrogen-bond acceptors (Lipinski definition) is 4. The number of nitrogens with zero attached hydrogens (tertiary/aromatic N) is 2. The summed E-state index contributed by atoms with van der Waals surface area (Å²) in [6, 6.07) is 17.1. The summed E-state index contributed by atoms with van der Waals surface area (Å²) in [4.78, 5) is 25.2. The molecule has 7 heteroatoms. The van der Waals surface area contributed by atoms with Gasteiger partial charge in [-0.3, -0.25) is 13.9 Å². The van der Waals surface area contributed by atoms with Gasteiger partial charge in [-0.1, -0.05) is 46.3 Å². The largest absolute Gasteiger partial charge is 0.423 e. The fourth-order valence-corrected chi connectivity index (χ4v) is 3.48. The van der Waals surface area contributed by atoms with Crippen molar-refractivity contribution >= 4 is 38.6 Å². The number of fused-ring (bicyclic) bond motifs is 1. The van der Waals surface area contributed by atoms with Crippen LogP contribution in [0.5, 0.6) is 0 Å². The van der Waals surface area contributed by atoms with Crippen LogP contribution >= 0.6 is 15.9 Å². The predicted octanol–water partition coefficient (Wildman–Crippen LogP) is 4.00. The van der Waals surface area contributed by atoms with Crippen LogP contribution in [0.4, 0.5) is 11.6 Å². The summed E-state index contributed by atoms with van der Waals surface area (Å²) in [7, 11) is 3.05. The van der Waals surface area contributed by atoms with Crippen molar-refractivity contribution in [2.45, 2.75) is 0 Å². The first-order chi connectivity index (χ1) is 13.0. The quantitative estimate of drug-likeness (QED) is 0.538. The molecule has 0 saturated heterocycles. The molecule has 0 fully saturated rings. The topological polar surface area (TPSA) is 69.2 Å². The van der Waals surface area contributed by atoms with Crippen molar-refractivity contribution in [3.05, 3.63) is 79.9 Å². The number of rotatable bonds is 3. The van der Waals surface area contributed by atoms with Crippen LogP contribution in [0.2, 0.25) is 0 Å². The van der Waals surface area contributed by atoms with Crippen LogP contribution in [0, 0.1) is 0 Å². The third kappa shape index (κ3) is 2.90. The Balaban J connectivity index is 2.09. The van der Waals surface area contributed by atoms with Gasteiger partial charge in [-0.2, -0.15) is 0 Å². The molecule has 136 valence electrons. The minimum Gasteiger partial charge on any atom is -0.423 e. The van der Waals surface area contributed by atoms with Crippen LogP contribution in [0.15, 0.2) is 73.1 Å². The van der Waals surface area contributed by atoms with E-state index in [2.05, 4.69) is 21.2 Å². The van der Waals surface area contributed by atoms with Crippen molar-refractivity contribution in [3.63, 3.8) is 0 Å². The molecule has 2 aromatic heterocycles. The molecular weight excluding hydrogens is 410 g/mol. The summed E-state index contributed by atoms with van der Waals surface area (Å²) >= 11 is 3.47. The Morgan fingerprint density at radius 1 is 0.963 bits per heavy atom. The molecule has 0 bridgehead atoms. The lowest BCUT2D eigenvalue weighted by atomic mass is 10.1. The number of aryl methyl sites for hydroxylation is 1. The average Bonchev–Trinajstić information content (AvgIpc) is 3.05. The van der Waals surface area contributed by atoms with Crippen LogP contribution < -0.4 is 16.6 Å². The summed E-state index contributed by atoms with van der Waals surface area (Å²) in [6.07, 6.45) is 0. The lowest BCUT2D eigenvalue weighted by Crippen LogP contribution is -2.36. The zero-order valence-corrected chi connectivity index (χ0v) is 16.3. The monoisotopic (exact) mass is 425 g/mol. The maximum atomic E-state index is 12.9. The molecule has 4 aromatic rings. The fraction of sp³-hybridized carbons (Fsp3) is 0.100. The third-order valence-electron chi connectivity index (χ3n) is 4.43. The number of aromatic nitrogens is 2. The minimum atomic E-state index is -0.437. The lowest BCUT2D eigenvalue weighted by Gasteiger charge is -2.07. The molecule has 0 aliphatic rings. The maximum absolute atomic E-state index is 12.9. The van der Waals surface area contributed by atoms with E-state index in [1.807, 2.05) is 54.6 Å². The second-order valence-electron chi connectivity index (χ2n) is 6.19. The summed E-state index contributed by atoms with van der Waals surface area (Å²) in [6.45, 7) is 0. The standard InChI is InChI=1S/C20H16BrN3O3/c1-23-18(25)16-15(12-7-6-8-13(21)11-12)17(22-14-9-4-3-5-10-14)27-19(16)24(2)20(23)26/h3-11,22H,1-2H3. The van der Waals surface area contributed by atoms with E-state index in [1.165, 1.54) is 11.6 Å². The highest BCUT2D eigenvalue weighted by atomic mass is 79.9. The van der Waals surface area contributed by atoms with Crippen LogP contribution in [-0.4, -0.2) is 9.13 Å². The number of benzene rings is 2. The number of hydrogen-bond donors (Lipinski definition) is 1. The second-order valence-corrected chi connectivity index (χ2v) is 7.11. The predicted molar refractivity (Wildman–Crippen MR) is 110 cm³/mol. The fourth-order valence-electron chi connectivity index (χ4n) is 3.08. The molecule has 0 saturated carbocycles. The highest BCUT2D eigenvalue weighted by Crippen LogP contribution is 2.38. The molecule has 4 rings (SSSR count). The molecule has 27 heavy (non-hydrogen) atoms. The highest BCUT2D eigenvalue weighted by Gasteiger charge is 2.23. The Morgan fingerprint density at radius 3 is 2.41 bits per heavy atom. The van der Waals surface area contributed by atoms with Crippen LogP contribution in [0.3, 0.4) is 0 Å². The molecule has 0 unspecified atom stereocenters. The smallest absolute Gasteiger partial charge is 0.333 e. The van der Waals surface area contributed by atoms with Crippen molar-refractivity contribution < 1.29 is 4.42 Å². The molecule has 6 nitrogen and oxygen atoms in total. The van der Waals surface area contributed by atoms with Gasteiger partial charge < -0.3 is 9.73 Å². The van der Waals surface area contributed by atoms with Crippen molar-refractivity contribution in [3.8, 4) is 11.1 Å². The first-order valence-corrected chi connectivity index (χ1v) is 9.07. The number of nitrogens with one attached hydrogen (secondary N) is 1. The van der Waals surface area contributed by atoms with Gasteiger partial charge in [0.05, 0.1) is 5.56 Å². The van der Waals surface area contributed by atoms with Crippen molar-refractivity contribution in [2.24, 2.45) is 14.1 Å². The Hall–Kier alpha value is -3.06. The molecule has 2 aromatic carbocycles. The van der Waals surface area contributed by atoms with Gasteiger partial charge in [-0.25, -0.2) is 4.79 Å². The first kappa shape index (κ1) is 17.4. The van der Waals surface area contributed by atoms with Crippen LogP contribution in [0.25, 0.3) is 22.2 Å². The third-order valence-corrected chi connectivity index (χ3v) is 4.92. The van der Waals surface area contributed by atoms with E-state index in [0.717, 1.165) is 20.3 Å². The average molecular weight is 426 g/mol. The van der Waals surface area contributed by atoms with Gasteiger partial charge in [0, 0.05) is 24.3 Å². The molecule has 0 atom stereocenters. The number of furan rings is 1. The number of anilines is 2. The van der Waals surface area contributed by atoms with E-state index in [-0.39, 0.29) is 5.71 Å².